The number of halogens is 1. The molecule has 0 saturated carbocycles. The second-order valence-electron chi connectivity index (χ2n) is 7.72. The van der Waals surface area contributed by atoms with Gasteiger partial charge in [-0.15, -0.1) is 0 Å². The maximum absolute atomic E-state index is 16.4. The summed E-state index contributed by atoms with van der Waals surface area (Å²) in [5.41, 5.74) is 1.20. The van der Waals surface area contributed by atoms with E-state index in [1.165, 1.54) is 5.56 Å². The molecule has 2 rings (SSSR count). The smallest absolute Gasteiger partial charge is 0.0859 e. The first-order valence-electron chi connectivity index (χ1n) is 7.78. The van der Waals surface area contributed by atoms with Crippen molar-refractivity contribution < 1.29 is 3.89 Å². The Morgan fingerprint density at radius 3 is 1.91 bits per heavy atom. The molecular weight excluding hydrogens is 293 g/mol. The first-order chi connectivity index (χ1) is 10.1. The number of benzene rings is 1. The van der Waals surface area contributed by atoms with Gasteiger partial charge in [-0.05, 0) is 69.7 Å². The van der Waals surface area contributed by atoms with Gasteiger partial charge in [-0.3, -0.25) is 0 Å². The lowest BCUT2D eigenvalue weighted by Gasteiger charge is -2.51. The van der Waals surface area contributed by atoms with Gasteiger partial charge in [-0.1, -0.05) is 30.3 Å². The van der Waals surface area contributed by atoms with Crippen LogP contribution >= 0.6 is 10.4 Å². The van der Waals surface area contributed by atoms with Crippen molar-refractivity contribution in [1.29, 1.82) is 0 Å². The van der Waals surface area contributed by atoms with Crippen LogP contribution in [0.25, 0.3) is 0 Å². The van der Waals surface area contributed by atoms with Gasteiger partial charge >= 0.3 is 0 Å². The molecule has 1 nitrogen and oxygen atoms in total. The van der Waals surface area contributed by atoms with E-state index in [0.717, 1.165) is 5.03 Å². The second kappa shape index (κ2) is 5.77. The van der Waals surface area contributed by atoms with Crippen molar-refractivity contribution in [1.82, 2.24) is 4.57 Å². The van der Waals surface area contributed by atoms with Crippen LogP contribution in [0.2, 0.25) is 0 Å². The van der Waals surface area contributed by atoms with E-state index in [1.807, 2.05) is 78.1 Å². The van der Waals surface area contributed by atoms with E-state index in [0.29, 0.717) is 6.54 Å². The Bertz CT molecular complexity index is 603. The first kappa shape index (κ1) is 17.1. The van der Waals surface area contributed by atoms with Crippen LogP contribution in [-0.2, 0) is 6.54 Å². The topological polar surface area (TPSA) is 4.93 Å². The van der Waals surface area contributed by atoms with Gasteiger partial charge < -0.3 is 4.57 Å². The zero-order chi connectivity index (χ0) is 16.6. The minimum Gasteiger partial charge on any atom is -0.338 e. The van der Waals surface area contributed by atoms with E-state index in [2.05, 4.69) is 16.7 Å². The fourth-order valence-corrected chi connectivity index (χ4v) is 6.92. The maximum Gasteiger partial charge on any atom is 0.0859 e. The van der Waals surface area contributed by atoms with E-state index < -0.39 is 19.9 Å². The second-order valence-corrected chi connectivity index (χ2v) is 11.7. The minimum absolute atomic E-state index is 0.405. The maximum atomic E-state index is 16.4. The molecule has 1 heterocycles. The molecule has 0 bridgehead atoms. The highest BCUT2D eigenvalue weighted by Crippen LogP contribution is 2.73. The molecule has 0 atom stereocenters. The highest BCUT2D eigenvalue weighted by atomic mass is 32.3. The molecule has 1 aromatic carbocycles. The largest absolute Gasteiger partial charge is 0.338 e. The van der Waals surface area contributed by atoms with E-state index in [-0.39, 0.29) is 0 Å². The third kappa shape index (κ3) is 2.96. The van der Waals surface area contributed by atoms with Crippen molar-refractivity contribution >= 4 is 10.4 Å². The molecule has 22 heavy (non-hydrogen) atoms. The normalized spacial score (nSPS) is 14.1. The Morgan fingerprint density at radius 1 is 0.864 bits per heavy atom. The van der Waals surface area contributed by atoms with Crippen LogP contribution in [0.1, 0.15) is 47.1 Å². The molecule has 0 aliphatic heterocycles. The molecule has 0 fully saturated rings. The molecule has 0 amide bonds. The molecule has 0 unspecified atom stereocenters. The third-order valence-corrected chi connectivity index (χ3v) is 8.28. The summed E-state index contributed by atoms with van der Waals surface area (Å²) in [4.78, 5) is 0. The molecular formula is C19H28FNS. The Hall–Kier alpha value is -1.22. The van der Waals surface area contributed by atoms with Crippen molar-refractivity contribution in [2.24, 2.45) is 0 Å². The van der Waals surface area contributed by atoms with Crippen LogP contribution in [0.4, 0.5) is 3.89 Å². The molecule has 0 radical (unpaired) electrons. The summed E-state index contributed by atoms with van der Waals surface area (Å²) in [5.74, 6) is 0. The van der Waals surface area contributed by atoms with Gasteiger partial charge in [0.05, 0.1) is 5.03 Å². The van der Waals surface area contributed by atoms with Gasteiger partial charge in [0.25, 0.3) is 0 Å². The van der Waals surface area contributed by atoms with Crippen molar-refractivity contribution in [2.75, 3.05) is 0 Å². The Kier molecular flexibility index (Phi) is 4.49. The summed E-state index contributed by atoms with van der Waals surface area (Å²) < 4.78 is 17.7. The highest BCUT2D eigenvalue weighted by molar-refractivity contribution is 8.31. The van der Waals surface area contributed by atoms with Gasteiger partial charge in [0.15, 0.2) is 0 Å². The summed E-state index contributed by atoms with van der Waals surface area (Å²) >= 11 is 0. The fraction of sp³-hybridized carbons (Fsp3) is 0.474. The van der Waals surface area contributed by atoms with Crippen molar-refractivity contribution in [3.8, 4) is 0 Å². The highest BCUT2D eigenvalue weighted by Gasteiger charge is 2.49. The lowest BCUT2D eigenvalue weighted by Crippen LogP contribution is -2.36. The number of hydrogen-bond donors (Lipinski definition) is 0. The molecule has 2 aromatic rings. The standard InChI is InChI=1S/C19H28FNS/c1-18(2,3)22(20,19(4,5)6)17-13-10-14-21(17)15-16-11-8-7-9-12-16/h7-14H,15H2,1-6H3. The zero-order valence-corrected chi connectivity index (χ0v) is 15.4. The molecule has 0 saturated heterocycles. The van der Waals surface area contributed by atoms with E-state index in [9.17, 15) is 0 Å². The number of rotatable bonds is 3. The van der Waals surface area contributed by atoms with Crippen LogP contribution in [-0.4, -0.2) is 14.1 Å². The van der Waals surface area contributed by atoms with Crippen LogP contribution in [0, 0.1) is 0 Å². The minimum atomic E-state index is -2.49. The zero-order valence-electron chi connectivity index (χ0n) is 14.6. The lowest BCUT2D eigenvalue weighted by molar-refractivity contribution is 0.611. The summed E-state index contributed by atoms with van der Waals surface area (Å²) in [6.07, 6.45) is 2.00. The number of nitrogens with zero attached hydrogens (tertiary/aromatic N) is 1. The molecule has 0 aliphatic rings. The van der Waals surface area contributed by atoms with Crippen molar-refractivity contribution in [2.45, 2.75) is 62.6 Å². The molecule has 0 aliphatic carbocycles. The Morgan fingerprint density at radius 2 is 1.41 bits per heavy atom. The number of hydrogen-bond acceptors (Lipinski definition) is 0. The van der Waals surface area contributed by atoms with Crippen LogP contribution < -0.4 is 0 Å². The molecule has 0 N–H and O–H groups in total. The van der Waals surface area contributed by atoms with Gasteiger partial charge in [-0.25, -0.2) is 0 Å². The average molecular weight is 322 g/mol. The van der Waals surface area contributed by atoms with Gasteiger partial charge in [0, 0.05) is 22.2 Å². The van der Waals surface area contributed by atoms with Crippen LogP contribution in [0.15, 0.2) is 53.7 Å². The van der Waals surface area contributed by atoms with E-state index in [1.54, 1.807) is 0 Å². The summed E-state index contributed by atoms with van der Waals surface area (Å²) in [7, 11) is -2.49. The van der Waals surface area contributed by atoms with Crippen LogP contribution in [0.5, 0.6) is 0 Å². The predicted octanol–water partition coefficient (Wildman–Crippen LogP) is 6.18. The van der Waals surface area contributed by atoms with Gasteiger partial charge in [-0.2, -0.15) is 3.89 Å². The van der Waals surface area contributed by atoms with E-state index in [4.69, 9.17) is 0 Å². The quantitative estimate of drug-likeness (QED) is 0.636. The third-order valence-electron chi connectivity index (χ3n) is 3.96. The lowest BCUT2D eigenvalue weighted by atomic mass is 10.2. The summed E-state index contributed by atoms with van der Waals surface area (Å²) in [6, 6.07) is 14.2. The fourth-order valence-electron chi connectivity index (χ4n) is 3.11. The average Bonchev–Trinajstić information content (AvgIpc) is 2.84. The SMILES string of the molecule is CC(C)(C)S(F)(c1cccn1Cc1ccccc1)C(C)(C)C. The van der Waals surface area contributed by atoms with Gasteiger partial charge in [0.1, 0.15) is 0 Å². The van der Waals surface area contributed by atoms with Crippen molar-refractivity contribution in [3.63, 3.8) is 0 Å². The Balaban J connectivity index is 2.50. The summed E-state index contributed by atoms with van der Waals surface area (Å²) in [6.45, 7) is 12.8. The Labute approximate surface area is 136 Å². The molecule has 122 valence electrons. The van der Waals surface area contributed by atoms with Gasteiger partial charge in [0.2, 0.25) is 0 Å². The predicted molar refractivity (Wildman–Crippen MR) is 96.4 cm³/mol. The van der Waals surface area contributed by atoms with Crippen molar-refractivity contribution in [3.05, 3.63) is 54.2 Å². The van der Waals surface area contributed by atoms with Crippen LogP contribution in [0.3, 0.4) is 0 Å². The number of aromatic nitrogens is 1. The molecule has 1 aromatic heterocycles. The monoisotopic (exact) mass is 321 g/mol. The molecule has 3 heteroatoms. The first-order valence-corrected chi connectivity index (χ1v) is 9.32. The molecule has 0 spiro atoms. The summed E-state index contributed by atoms with van der Waals surface area (Å²) in [5, 5.41) is 0.844. The van der Waals surface area contributed by atoms with E-state index >= 15 is 3.89 Å².